The molecular weight excluding hydrogens is 476 g/mol. The van der Waals surface area contributed by atoms with E-state index in [-0.39, 0.29) is 53.7 Å². The molecule has 0 saturated carbocycles. The Hall–Kier alpha value is -3.95. The van der Waals surface area contributed by atoms with Crippen molar-refractivity contribution in [3.63, 3.8) is 0 Å². The monoisotopic (exact) mass is 512 g/mol. The lowest BCUT2D eigenvalue weighted by Gasteiger charge is -2.21. The van der Waals surface area contributed by atoms with E-state index in [4.69, 9.17) is 14.2 Å². The molecule has 0 spiro atoms. The first-order valence-corrected chi connectivity index (χ1v) is 11.7. The van der Waals surface area contributed by atoms with Crippen LogP contribution in [-0.2, 0) is 16.0 Å². The van der Waals surface area contributed by atoms with Gasteiger partial charge in [-0.1, -0.05) is 54.2 Å². The van der Waals surface area contributed by atoms with Crippen LogP contribution < -0.4 is 24.8 Å². The lowest BCUT2D eigenvalue weighted by molar-refractivity contribution is -0.123. The third kappa shape index (κ3) is 7.28. The average Bonchev–Trinajstić information content (AvgIpc) is 2.82. The summed E-state index contributed by atoms with van der Waals surface area (Å²) in [5, 5.41) is 5.51. The van der Waals surface area contributed by atoms with E-state index < -0.39 is 10.8 Å². The molecule has 0 aliphatic carbocycles. The minimum absolute atomic E-state index is 0.0470. The van der Waals surface area contributed by atoms with Crippen LogP contribution in [0.15, 0.2) is 24.9 Å². The van der Waals surface area contributed by atoms with Gasteiger partial charge < -0.3 is 19.5 Å². The third-order valence-electron chi connectivity index (χ3n) is 5.28. The van der Waals surface area contributed by atoms with Gasteiger partial charge in [-0.2, -0.15) is 4.98 Å². The normalized spacial score (nSPS) is 11.4. The van der Waals surface area contributed by atoms with Gasteiger partial charge in [-0.25, -0.2) is 4.98 Å². The summed E-state index contributed by atoms with van der Waals surface area (Å²) in [4.78, 5) is 46.2. The number of carbonyl (C=O) groups excluding carboxylic acids is 3. The number of nitrogens with one attached hydrogen (secondary N) is 2. The Morgan fingerprint density at radius 2 is 1.59 bits per heavy atom. The van der Waals surface area contributed by atoms with Crippen LogP contribution in [0.4, 0.5) is 11.8 Å². The summed E-state index contributed by atoms with van der Waals surface area (Å²) in [6, 6.07) is 1.66. The van der Waals surface area contributed by atoms with Gasteiger partial charge in [0, 0.05) is 29.0 Å². The van der Waals surface area contributed by atoms with Crippen molar-refractivity contribution >= 4 is 29.9 Å². The van der Waals surface area contributed by atoms with E-state index in [9.17, 15) is 14.4 Å². The Morgan fingerprint density at radius 1 is 0.973 bits per heavy atom. The lowest BCUT2D eigenvalue weighted by atomic mass is 9.95. The summed E-state index contributed by atoms with van der Waals surface area (Å²) >= 11 is 0. The number of aromatic nitrogens is 2. The van der Waals surface area contributed by atoms with Crippen LogP contribution in [0, 0.1) is 10.8 Å². The largest absolute Gasteiger partial charge is 0.493 e. The van der Waals surface area contributed by atoms with Crippen LogP contribution in [0.25, 0.3) is 0 Å². The van der Waals surface area contributed by atoms with E-state index in [1.807, 2.05) is 0 Å². The van der Waals surface area contributed by atoms with Crippen molar-refractivity contribution in [3.8, 4) is 17.2 Å². The summed E-state index contributed by atoms with van der Waals surface area (Å²) in [5.74, 6) is 0.538. The Labute approximate surface area is 217 Å². The highest BCUT2D eigenvalue weighted by atomic mass is 16.5. The number of anilines is 2. The molecule has 2 aromatic rings. The molecule has 0 aliphatic heterocycles. The molecule has 0 fully saturated rings. The Kier molecular flexibility index (Phi) is 9.38. The zero-order valence-corrected chi connectivity index (χ0v) is 22.8. The van der Waals surface area contributed by atoms with E-state index in [1.165, 1.54) is 20.4 Å². The SMILES string of the molecule is C=CCOc1c(C=O)c(Cc2cnc(NC(=O)C(C)(C)C)nc2NC(=O)C(C)(C)C)cc(OC)c1OC. The van der Waals surface area contributed by atoms with Gasteiger partial charge in [0.05, 0.1) is 19.8 Å². The number of hydrogen-bond donors (Lipinski definition) is 2. The topological polar surface area (TPSA) is 129 Å². The van der Waals surface area contributed by atoms with Gasteiger partial charge in [0.25, 0.3) is 0 Å². The molecule has 10 heteroatoms. The summed E-state index contributed by atoms with van der Waals surface area (Å²) < 4.78 is 16.7. The first-order chi connectivity index (χ1) is 17.3. The van der Waals surface area contributed by atoms with Crippen LogP contribution in [0.5, 0.6) is 17.2 Å². The van der Waals surface area contributed by atoms with Crippen molar-refractivity contribution in [2.45, 2.75) is 48.0 Å². The molecule has 2 amide bonds. The molecule has 0 saturated heterocycles. The molecule has 0 aliphatic rings. The molecule has 0 atom stereocenters. The summed E-state index contributed by atoms with van der Waals surface area (Å²) in [6.45, 7) is 14.4. The second-order valence-electron chi connectivity index (χ2n) is 10.4. The number of hydrogen-bond acceptors (Lipinski definition) is 8. The maximum atomic E-state index is 12.8. The van der Waals surface area contributed by atoms with E-state index in [0.717, 1.165) is 0 Å². The molecule has 2 rings (SSSR count). The Balaban J connectivity index is 2.64. The Bertz CT molecular complexity index is 1180. The van der Waals surface area contributed by atoms with Crippen LogP contribution in [-0.4, -0.2) is 48.9 Å². The second-order valence-corrected chi connectivity index (χ2v) is 10.4. The van der Waals surface area contributed by atoms with Gasteiger partial charge in [0.1, 0.15) is 12.4 Å². The summed E-state index contributed by atoms with van der Waals surface area (Å²) in [5.41, 5.74) is -0.0841. The van der Waals surface area contributed by atoms with Crippen molar-refractivity contribution in [2.75, 3.05) is 31.5 Å². The lowest BCUT2D eigenvalue weighted by Crippen LogP contribution is -2.30. The molecule has 0 radical (unpaired) electrons. The first kappa shape index (κ1) is 29.3. The molecule has 37 heavy (non-hydrogen) atoms. The van der Waals surface area contributed by atoms with Crippen molar-refractivity contribution in [3.05, 3.63) is 41.6 Å². The molecule has 1 heterocycles. The van der Waals surface area contributed by atoms with Crippen molar-refractivity contribution in [2.24, 2.45) is 10.8 Å². The van der Waals surface area contributed by atoms with Crippen molar-refractivity contribution in [1.82, 2.24) is 9.97 Å². The van der Waals surface area contributed by atoms with Crippen LogP contribution in [0.2, 0.25) is 0 Å². The standard InChI is InChI=1S/C27H36N4O6/c1-10-11-37-20-18(15-32)16(13-19(35-8)21(20)36-9)12-17-14-28-25(31-24(34)27(5,6)7)30-22(17)29-23(33)26(2,3)4/h10,13-15H,1,11-12H2,2-9H3,(H2,28,29,30,31,33,34). The highest BCUT2D eigenvalue weighted by molar-refractivity contribution is 5.96. The first-order valence-electron chi connectivity index (χ1n) is 11.7. The molecule has 200 valence electrons. The van der Waals surface area contributed by atoms with Gasteiger partial charge in [-0.3, -0.25) is 19.7 Å². The zero-order valence-electron chi connectivity index (χ0n) is 22.8. The summed E-state index contributed by atoms with van der Waals surface area (Å²) in [7, 11) is 2.93. The third-order valence-corrected chi connectivity index (χ3v) is 5.28. The fraction of sp³-hybridized carbons (Fsp3) is 0.444. The fourth-order valence-corrected chi connectivity index (χ4v) is 3.08. The van der Waals surface area contributed by atoms with Gasteiger partial charge in [-0.15, -0.1) is 0 Å². The molecule has 2 N–H and O–H groups in total. The molecular formula is C27H36N4O6. The number of ether oxygens (including phenoxy) is 3. The number of amides is 2. The van der Waals surface area contributed by atoms with Gasteiger partial charge in [-0.05, 0) is 11.6 Å². The molecule has 0 unspecified atom stereocenters. The van der Waals surface area contributed by atoms with E-state index in [2.05, 4.69) is 27.2 Å². The molecule has 1 aromatic carbocycles. The van der Waals surface area contributed by atoms with Gasteiger partial charge in [0.2, 0.25) is 23.5 Å². The van der Waals surface area contributed by atoms with E-state index >= 15 is 0 Å². The predicted octanol–water partition coefficient (Wildman–Crippen LogP) is 4.43. The van der Waals surface area contributed by atoms with Crippen LogP contribution >= 0.6 is 0 Å². The molecule has 1 aromatic heterocycles. The zero-order chi connectivity index (χ0) is 28.0. The fourth-order valence-electron chi connectivity index (χ4n) is 3.08. The second kappa shape index (κ2) is 11.9. The number of methoxy groups -OCH3 is 2. The number of nitrogens with zero attached hydrogens (tertiary/aromatic N) is 2. The number of aldehydes is 1. The number of rotatable bonds is 10. The number of carbonyl (C=O) groups is 3. The predicted molar refractivity (Wildman–Crippen MR) is 142 cm³/mol. The average molecular weight is 513 g/mol. The maximum Gasteiger partial charge on any atom is 0.232 e. The van der Waals surface area contributed by atoms with E-state index in [1.54, 1.807) is 53.7 Å². The minimum Gasteiger partial charge on any atom is -0.493 e. The quantitative estimate of drug-likeness (QED) is 0.353. The smallest absolute Gasteiger partial charge is 0.232 e. The minimum atomic E-state index is -0.708. The summed E-state index contributed by atoms with van der Waals surface area (Å²) in [6.07, 6.45) is 3.86. The molecule has 10 nitrogen and oxygen atoms in total. The molecule has 0 bridgehead atoms. The van der Waals surface area contributed by atoms with Gasteiger partial charge >= 0.3 is 0 Å². The highest BCUT2D eigenvalue weighted by Gasteiger charge is 2.26. The van der Waals surface area contributed by atoms with Gasteiger partial charge in [0.15, 0.2) is 17.8 Å². The number of benzene rings is 1. The maximum absolute atomic E-state index is 12.8. The highest BCUT2D eigenvalue weighted by Crippen LogP contribution is 2.42. The van der Waals surface area contributed by atoms with Crippen molar-refractivity contribution in [1.29, 1.82) is 0 Å². The van der Waals surface area contributed by atoms with E-state index in [0.29, 0.717) is 23.2 Å². The van der Waals surface area contributed by atoms with Crippen LogP contribution in [0.1, 0.15) is 63.0 Å². The van der Waals surface area contributed by atoms with Crippen molar-refractivity contribution < 1.29 is 28.6 Å². The Morgan fingerprint density at radius 3 is 2.11 bits per heavy atom. The van der Waals surface area contributed by atoms with Crippen LogP contribution in [0.3, 0.4) is 0 Å².